The zero-order valence-electron chi connectivity index (χ0n) is 16.3. The molecule has 0 heterocycles. The number of aliphatic hydroxyl groups is 2. The van der Waals surface area contributed by atoms with Crippen molar-refractivity contribution in [3.8, 4) is 12.3 Å². The number of rotatable bonds is 1. The molecule has 2 heteroatoms. The fraction of sp³-hybridized carbons (Fsp3) is 0.913. The SMILES string of the molecule is C#CC1(O)CC[C@@]2(C)C(CC[C@H]3[C@@H]4CC[C@H](C(C)O)[C@@]4(C)CC[C@@H]32)C1. The Morgan fingerprint density at radius 1 is 0.960 bits per heavy atom. The van der Waals surface area contributed by atoms with Gasteiger partial charge in [-0.3, -0.25) is 0 Å². The maximum absolute atomic E-state index is 10.7. The Balaban J connectivity index is 1.59. The van der Waals surface area contributed by atoms with E-state index < -0.39 is 5.60 Å². The number of aliphatic hydroxyl groups excluding tert-OH is 1. The Bertz CT molecular complexity index is 577. The Morgan fingerprint density at radius 2 is 1.68 bits per heavy atom. The van der Waals surface area contributed by atoms with Crippen molar-refractivity contribution in [1.82, 2.24) is 0 Å². The summed E-state index contributed by atoms with van der Waals surface area (Å²) in [4.78, 5) is 0. The number of hydrogen-bond acceptors (Lipinski definition) is 2. The molecule has 4 aliphatic carbocycles. The van der Waals surface area contributed by atoms with E-state index in [1.165, 1.54) is 38.5 Å². The molecule has 9 atom stereocenters. The third-order valence-corrected chi connectivity index (χ3v) is 9.65. The van der Waals surface area contributed by atoms with E-state index in [1.54, 1.807) is 0 Å². The minimum absolute atomic E-state index is 0.168. The Morgan fingerprint density at radius 3 is 2.36 bits per heavy atom. The molecular weight excluding hydrogens is 308 g/mol. The Hall–Kier alpha value is -0.520. The van der Waals surface area contributed by atoms with Crippen molar-refractivity contribution < 1.29 is 10.2 Å². The molecule has 0 aromatic heterocycles. The molecule has 0 aliphatic heterocycles. The third kappa shape index (κ3) is 2.45. The van der Waals surface area contributed by atoms with Crippen LogP contribution < -0.4 is 0 Å². The summed E-state index contributed by atoms with van der Waals surface area (Å²) in [7, 11) is 0. The van der Waals surface area contributed by atoms with Gasteiger partial charge in [-0.05, 0) is 105 Å². The first-order chi connectivity index (χ1) is 11.7. The van der Waals surface area contributed by atoms with Crippen LogP contribution in [-0.2, 0) is 0 Å². The van der Waals surface area contributed by atoms with Gasteiger partial charge >= 0.3 is 0 Å². The van der Waals surface area contributed by atoms with Crippen LogP contribution in [-0.4, -0.2) is 21.9 Å². The van der Waals surface area contributed by atoms with Gasteiger partial charge < -0.3 is 10.2 Å². The standard InChI is InChI=1S/C23H36O2/c1-5-23(25)13-12-21(3)16(14-23)6-7-17-19-9-8-18(15(2)24)22(19,4)11-10-20(17)21/h1,15-20,24-25H,6-14H2,2-4H3/t15?,16?,17-,18+,19-,20-,21-,22+,23?/m0/s1. The van der Waals surface area contributed by atoms with Crippen LogP contribution in [0.15, 0.2) is 0 Å². The highest BCUT2D eigenvalue weighted by Crippen LogP contribution is 2.68. The highest BCUT2D eigenvalue weighted by Gasteiger charge is 2.61. The normalized spacial score (nSPS) is 56.2. The van der Waals surface area contributed by atoms with Gasteiger partial charge in [-0.25, -0.2) is 0 Å². The lowest BCUT2D eigenvalue weighted by atomic mass is 9.44. The van der Waals surface area contributed by atoms with Crippen LogP contribution in [0.4, 0.5) is 0 Å². The van der Waals surface area contributed by atoms with Crippen molar-refractivity contribution in [3.63, 3.8) is 0 Å². The van der Waals surface area contributed by atoms with Gasteiger partial charge in [0.05, 0.1) is 6.10 Å². The van der Waals surface area contributed by atoms with Gasteiger partial charge in [0.15, 0.2) is 0 Å². The van der Waals surface area contributed by atoms with Crippen LogP contribution in [0.2, 0.25) is 0 Å². The third-order valence-electron chi connectivity index (χ3n) is 9.65. The summed E-state index contributed by atoms with van der Waals surface area (Å²) in [6.07, 6.45) is 15.8. The Labute approximate surface area is 153 Å². The second-order valence-electron chi connectivity index (χ2n) is 10.5. The molecule has 0 amide bonds. The summed E-state index contributed by atoms with van der Waals surface area (Å²) in [6, 6.07) is 0. The average molecular weight is 345 g/mol. The second kappa shape index (κ2) is 5.74. The zero-order chi connectivity index (χ0) is 18.0. The van der Waals surface area contributed by atoms with Gasteiger partial charge in [-0.15, -0.1) is 6.42 Å². The average Bonchev–Trinajstić information content (AvgIpc) is 2.93. The monoisotopic (exact) mass is 344 g/mol. The molecule has 3 unspecified atom stereocenters. The topological polar surface area (TPSA) is 40.5 Å². The van der Waals surface area contributed by atoms with Crippen molar-refractivity contribution in [2.45, 2.75) is 90.3 Å². The first kappa shape index (κ1) is 17.9. The van der Waals surface area contributed by atoms with Gasteiger partial charge in [0.2, 0.25) is 0 Å². The van der Waals surface area contributed by atoms with E-state index in [9.17, 15) is 10.2 Å². The van der Waals surface area contributed by atoms with Gasteiger partial charge in [-0.1, -0.05) is 19.8 Å². The molecule has 2 nitrogen and oxygen atoms in total. The van der Waals surface area contributed by atoms with Crippen LogP contribution in [0.1, 0.15) is 78.6 Å². The van der Waals surface area contributed by atoms with Gasteiger partial charge in [-0.2, -0.15) is 0 Å². The molecule has 25 heavy (non-hydrogen) atoms. The van der Waals surface area contributed by atoms with E-state index in [1.807, 2.05) is 6.92 Å². The maximum Gasteiger partial charge on any atom is 0.125 e. The van der Waals surface area contributed by atoms with Gasteiger partial charge in [0.25, 0.3) is 0 Å². The molecule has 4 saturated carbocycles. The highest BCUT2D eigenvalue weighted by molar-refractivity contribution is 5.16. The lowest BCUT2D eigenvalue weighted by Crippen LogP contribution is -2.56. The molecule has 4 fully saturated rings. The molecule has 0 bridgehead atoms. The molecule has 2 N–H and O–H groups in total. The number of fused-ring (bicyclic) bond motifs is 5. The smallest absolute Gasteiger partial charge is 0.125 e. The van der Waals surface area contributed by atoms with E-state index in [4.69, 9.17) is 6.42 Å². The Kier molecular flexibility index (Phi) is 4.10. The van der Waals surface area contributed by atoms with Gasteiger partial charge in [0, 0.05) is 0 Å². The fourth-order valence-electron chi connectivity index (χ4n) is 8.21. The van der Waals surface area contributed by atoms with Crippen molar-refractivity contribution in [3.05, 3.63) is 0 Å². The minimum atomic E-state index is -0.856. The van der Waals surface area contributed by atoms with E-state index in [0.717, 1.165) is 37.0 Å². The summed E-state index contributed by atoms with van der Waals surface area (Å²) >= 11 is 0. The predicted molar refractivity (Wildman–Crippen MR) is 101 cm³/mol. The molecule has 4 rings (SSSR count). The van der Waals surface area contributed by atoms with Gasteiger partial charge in [0.1, 0.15) is 5.60 Å². The van der Waals surface area contributed by atoms with E-state index >= 15 is 0 Å². The first-order valence-corrected chi connectivity index (χ1v) is 10.6. The quantitative estimate of drug-likeness (QED) is 0.693. The zero-order valence-corrected chi connectivity index (χ0v) is 16.3. The summed E-state index contributed by atoms with van der Waals surface area (Å²) in [5.41, 5.74) is -0.159. The van der Waals surface area contributed by atoms with Crippen molar-refractivity contribution in [2.75, 3.05) is 0 Å². The van der Waals surface area contributed by atoms with Crippen LogP contribution in [0.3, 0.4) is 0 Å². The van der Waals surface area contributed by atoms with E-state index in [0.29, 0.717) is 22.7 Å². The van der Waals surface area contributed by atoms with Crippen molar-refractivity contribution in [1.29, 1.82) is 0 Å². The number of terminal acetylenes is 1. The lowest BCUT2D eigenvalue weighted by molar-refractivity contribution is -0.142. The fourth-order valence-corrected chi connectivity index (χ4v) is 8.21. The predicted octanol–water partition coefficient (Wildman–Crippen LogP) is 4.39. The van der Waals surface area contributed by atoms with Crippen molar-refractivity contribution in [2.24, 2.45) is 40.4 Å². The second-order valence-corrected chi connectivity index (χ2v) is 10.5. The summed E-state index contributed by atoms with van der Waals surface area (Å²) < 4.78 is 0. The van der Waals surface area contributed by atoms with Crippen LogP contribution in [0.25, 0.3) is 0 Å². The highest BCUT2D eigenvalue weighted by atomic mass is 16.3. The molecule has 0 aromatic carbocycles. The molecule has 0 aromatic rings. The van der Waals surface area contributed by atoms with Crippen molar-refractivity contribution >= 4 is 0 Å². The maximum atomic E-state index is 10.7. The lowest BCUT2D eigenvalue weighted by Gasteiger charge is -2.61. The molecule has 4 aliphatic rings. The molecule has 140 valence electrons. The van der Waals surface area contributed by atoms with E-state index in [-0.39, 0.29) is 6.10 Å². The number of hydrogen-bond donors (Lipinski definition) is 2. The summed E-state index contributed by atoms with van der Waals surface area (Å²) in [5.74, 6) is 6.16. The molecule has 0 spiro atoms. The van der Waals surface area contributed by atoms with Crippen LogP contribution in [0.5, 0.6) is 0 Å². The first-order valence-electron chi connectivity index (χ1n) is 10.6. The summed E-state index contributed by atoms with van der Waals surface area (Å²) in [6.45, 7) is 6.99. The molecule has 0 saturated heterocycles. The van der Waals surface area contributed by atoms with E-state index in [2.05, 4.69) is 19.8 Å². The van der Waals surface area contributed by atoms with Crippen LogP contribution >= 0.6 is 0 Å². The molecular formula is C23H36O2. The largest absolute Gasteiger partial charge is 0.393 e. The van der Waals surface area contributed by atoms with Crippen LogP contribution in [0, 0.1) is 52.8 Å². The summed E-state index contributed by atoms with van der Waals surface area (Å²) in [5, 5.41) is 21.0. The minimum Gasteiger partial charge on any atom is -0.393 e. The molecule has 0 radical (unpaired) electrons.